The van der Waals surface area contributed by atoms with E-state index in [0.29, 0.717) is 30.1 Å². The van der Waals surface area contributed by atoms with Gasteiger partial charge in [0.2, 0.25) is 0 Å². The summed E-state index contributed by atoms with van der Waals surface area (Å²) in [4.78, 5) is 13.9. The van der Waals surface area contributed by atoms with Crippen LogP contribution in [-0.2, 0) is 14.3 Å². The Morgan fingerprint density at radius 3 is 2.21 bits per heavy atom. The molecule has 0 radical (unpaired) electrons. The summed E-state index contributed by atoms with van der Waals surface area (Å²) in [5, 5.41) is 10.9. The third-order valence-corrected chi connectivity index (χ3v) is 14.3. The van der Waals surface area contributed by atoms with Crippen molar-refractivity contribution in [3.8, 4) is 0 Å². The zero-order chi connectivity index (χ0) is 31.4. The zero-order valence-electron chi connectivity index (χ0n) is 29.3. The quantitative estimate of drug-likeness (QED) is 0.294. The van der Waals surface area contributed by atoms with Gasteiger partial charge in [0.25, 0.3) is 0 Å². The number of hydrogen-bond acceptors (Lipinski definition) is 4. The molecule has 4 nitrogen and oxygen atoms in total. The van der Waals surface area contributed by atoms with E-state index < -0.39 is 0 Å². The smallest absolute Gasteiger partial charge is 0.139 e. The highest BCUT2D eigenvalue weighted by molar-refractivity contribution is 5.86. The van der Waals surface area contributed by atoms with Crippen LogP contribution in [0.5, 0.6) is 0 Å². The summed E-state index contributed by atoms with van der Waals surface area (Å²) in [5.41, 5.74) is 1.79. The number of Topliss-reactive ketones (excluding diaryl/α,β-unsaturated/α-hetero) is 1. The fourth-order valence-corrected chi connectivity index (χ4v) is 12.0. The summed E-state index contributed by atoms with van der Waals surface area (Å²) in [5.74, 6) is 1.86. The molecule has 5 rings (SSSR count). The zero-order valence-corrected chi connectivity index (χ0v) is 29.3. The molecule has 0 bridgehead atoms. The fourth-order valence-electron chi connectivity index (χ4n) is 12.0. The lowest BCUT2D eigenvalue weighted by Crippen LogP contribution is -2.68. The maximum absolute atomic E-state index is 13.9. The average Bonchev–Trinajstić information content (AvgIpc) is 2.95. The van der Waals surface area contributed by atoms with E-state index in [2.05, 4.69) is 61.5 Å². The van der Waals surface area contributed by atoms with Crippen molar-refractivity contribution in [2.24, 2.45) is 50.2 Å². The maximum atomic E-state index is 13.9. The fraction of sp³-hybridized carbons (Fsp3) is 0.923. The van der Waals surface area contributed by atoms with Crippen molar-refractivity contribution in [3.63, 3.8) is 0 Å². The first-order chi connectivity index (χ1) is 19.7. The van der Waals surface area contributed by atoms with Crippen molar-refractivity contribution in [1.82, 2.24) is 0 Å². The predicted octanol–water partition coefficient (Wildman–Crippen LogP) is 10.1. The van der Waals surface area contributed by atoms with Crippen LogP contribution in [0, 0.1) is 50.2 Å². The molecule has 1 N–H and O–H groups in total. The van der Waals surface area contributed by atoms with Crippen LogP contribution in [0.3, 0.4) is 0 Å². The van der Waals surface area contributed by atoms with Crippen molar-refractivity contribution in [3.05, 3.63) is 11.6 Å². The Morgan fingerprint density at radius 2 is 1.63 bits per heavy atom. The van der Waals surface area contributed by atoms with Crippen LogP contribution in [-0.4, -0.2) is 43.4 Å². The Labute approximate surface area is 268 Å². The number of carbonyl (C=O) groups is 1. The Bertz CT molecular complexity index is 1020. The number of aliphatic hydroxyl groups is 1. The van der Waals surface area contributed by atoms with Crippen LogP contribution in [0.1, 0.15) is 149 Å². The Morgan fingerprint density at radius 1 is 0.977 bits per heavy atom. The minimum absolute atomic E-state index is 0. The van der Waals surface area contributed by atoms with Crippen LogP contribution in [0.2, 0.25) is 0 Å². The standard InChI is InChI=1S/C36H60O4.C2H6.CH4.H2/c1-10-12-29(38)36-19-17-31(3,4)21-25(36)24-13-14-28-32(5)22-26(39-9)30(40-11-2)33(6,23-37)27(32)15-16-35(28,8)34(24,7)18-20-36;1-2;;/h13,25-28,30,37H,10-12,14-23H2,1-9H3;1-2H3;1H4;1H/t25?,26?,27?,28?,30?,32-,33?,34+,35+,36?;;;/m0.../s1. The van der Waals surface area contributed by atoms with Gasteiger partial charge in [-0.2, -0.15) is 0 Å². The number of carbonyl (C=O) groups excluding carboxylic acids is 1. The lowest BCUT2D eigenvalue weighted by Gasteiger charge is -2.72. The molecule has 7 unspecified atom stereocenters. The van der Waals surface area contributed by atoms with E-state index in [1.807, 2.05) is 21.0 Å². The molecule has 4 fully saturated rings. The second kappa shape index (κ2) is 12.8. The second-order valence-corrected chi connectivity index (χ2v) is 16.6. The minimum Gasteiger partial charge on any atom is -0.396 e. The molecular weight excluding hydrogens is 532 g/mol. The topological polar surface area (TPSA) is 55.8 Å². The lowest BCUT2D eigenvalue weighted by atomic mass is 9.33. The van der Waals surface area contributed by atoms with Gasteiger partial charge in [0.1, 0.15) is 5.78 Å². The number of rotatable bonds is 7. The molecule has 4 heteroatoms. The van der Waals surface area contributed by atoms with Crippen LogP contribution in [0.15, 0.2) is 11.6 Å². The number of aliphatic hydroxyl groups excluding tert-OH is 1. The van der Waals surface area contributed by atoms with Gasteiger partial charge in [-0.15, -0.1) is 0 Å². The summed E-state index contributed by atoms with van der Waals surface area (Å²) < 4.78 is 12.5. The molecule has 0 heterocycles. The summed E-state index contributed by atoms with van der Waals surface area (Å²) in [7, 11) is 1.83. The van der Waals surface area contributed by atoms with Gasteiger partial charge >= 0.3 is 0 Å². The number of ketones is 1. The molecule has 252 valence electrons. The van der Waals surface area contributed by atoms with Crippen LogP contribution >= 0.6 is 0 Å². The third kappa shape index (κ3) is 5.24. The summed E-state index contributed by atoms with van der Waals surface area (Å²) in [6, 6.07) is 0. The molecule has 43 heavy (non-hydrogen) atoms. The van der Waals surface area contributed by atoms with Gasteiger partial charge in [0, 0.05) is 32.4 Å². The highest BCUT2D eigenvalue weighted by atomic mass is 16.5. The molecular formula is C39H72O4. The molecule has 0 aromatic heterocycles. The van der Waals surface area contributed by atoms with E-state index in [1.54, 1.807) is 5.57 Å². The number of hydrogen-bond donors (Lipinski definition) is 1. The van der Waals surface area contributed by atoms with Crippen molar-refractivity contribution in [2.75, 3.05) is 20.3 Å². The number of ether oxygens (including phenoxy) is 2. The van der Waals surface area contributed by atoms with Crippen LogP contribution in [0.25, 0.3) is 0 Å². The van der Waals surface area contributed by atoms with Crippen LogP contribution in [0.4, 0.5) is 0 Å². The largest absolute Gasteiger partial charge is 0.396 e. The molecule has 0 aromatic rings. The first-order valence-corrected chi connectivity index (χ1v) is 17.7. The van der Waals surface area contributed by atoms with E-state index >= 15 is 0 Å². The number of methoxy groups -OCH3 is 1. The predicted molar refractivity (Wildman–Crippen MR) is 182 cm³/mol. The highest BCUT2D eigenvalue weighted by Gasteiger charge is 2.70. The molecule has 5 aliphatic carbocycles. The van der Waals surface area contributed by atoms with E-state index in [4.69, 9.17) is 9.47 Å². The highest BCUT2D eigenvalue weighted by Crippen LogP contribution is 2.76. The Balaban J connectivity index is 0.00000165. The molecule has 0 aliphatic heterocycles. The van der Waals surface area contributed by atoms with E-state index in [9.17, 15) is 9.90 Å². The van der Waals surface area contributed by atoms with Crippen molar-refractivity contribution in [2.45, 2.75) is 160 Å². The first-order valence-electron chi connectivity index (χ1n) is 17.7. The van der Waals surface area contributed by atoms with Gasteiger partial charge in [-0.05, 0) is 111 Å². The van der Waals surface area contributed by atoms with E-state index in [-0.39, 0.29) is 60.2 Å². The van der Waals surface area contributed by atoms with E-state index in [1.165, 1.54) is 12.8 Å². The van der Waals surface area contributed by atoms with Gasteiger partial charge in [0.15, 0.2) is 0 Å². The molecule has 0 aromatic carbocycles. The van der Waals surface area contributed by atoms with Gasteiger partial charge < -0.3 is 14.6 Å². The van der Waals surface area contributed by atoms with Crippen LogP contribution < -0.4 is 0 Å². The Kier molecular flexibility index (Phi) is 11.0. The molecule has 0 spiro atoms. The molecule has 4 saturated carbocycles. The van der Waals surface area contributed by atoms with Gasteiger partial charge in [0.05, 0.1) is 18.8 Å². The number of fused-ring (bicyclic) bond motifs is 7. The molecule has 0 amide bonds. The van der Waals surface area contributed by atoms with Gasteiger partial charge in [-0.3, -0.25) is 4.79 Å². The molecule has 10 atom stereocenters. The van der Waals surface area contributed by atoms with Crippen molar-refractivity contribution >= 4 is 5.78 Å². The maximum Gasteiger partial charge on any atom is 0.139 e. The minimum atomic E-state index is -0.322. The second-order valence-electron chi connectivity index (χ2n) is 16.6. The number of allylic oxidation sites excluding steroid dienone is 2. The van der Waals surface area contributed by atoms with E-state index in [0.717, 1.165) is 57.8 Å². The summed E-state index contributed by atoms with van der Waals surface area (Å²) >= 11 is 0. The van der Waals surface area contributed by atoms with Gasteiger partial charge in [-0.1, -0.05) is 81.4 Å². The SMILES string of the molecule is C.CC.CCCC(=O)C12CCC(C)(C)CC1C1=CCC3[C@@]4(C)CC(OC)C(OCC)C(C)(CO)C4CC[C@@]3(C)[C@]1(C)CC2.[HH]. The molecule has 0 saturated heterocycles. The monoisotopic (exact) mass is 605 g/mol. The molecule has 5 aliphatic rings. The van der Waals surface area contributed by atoms with Gasteiger partial charge in [-0.25, -0.2) is 0 Å². The van der Waals surface area contributed by atoms with Crippen molar-refractivity contribution in [1.29, 1.82) is 0 Å². The normalized spacial score (nSPS) is 46.3. The third-order valence-electron chi connectivity index (χ3n) is 14.3. The lowest BCUT2D eigenvalue weighted by molar-refractivity contribution is -0.256. The average molecular weight is 605 g/mol. The summed E-state index contributed by atoms with van der Waals surface area (Å²) in [6.45, 7) is 23.9. The first kappa shape index (κ1) is 36.8. The summed E-state index contributed by atoms with van der Waals surface area (Å²) in [6.07, 6.45) is 14.2. The van der Waals surface area contributed by atoms with Crippen molar-refractivity contribution < 1.29 is 20.8 Å². The Hall–Kier alpha value is -0.710.